The summed E-state index contributed by atoms with van der Waals surface area (Å²) in [6, 6.07) is 0.193. The number of hydrogen-bond acceptors (Lipinski definition) is 4. The Morgan fingerprint density at radius 2 is 1.71 bits per heavy atom. The molecule has 1 rings (SSSR count). The first-order valence-corrected chi connectivity index (χ1v) is 6.61. The van der Waals surface area contributed by atoms with Crippen molar-refractivity contribution in [3.05, 3.63) is 10.6 Å². The highest BCUT2D eigenvalue weighted by Crippen LogP contribution is 2.15. The van der Waals surface area contributed by atoms with Gasteiger partial charge in [-0.1, -0.05) is 26.2 Å². The standard InChI is InChI=1S/C11H17Cl2N3O/c1-3-4-5-6-7-8(2)17-11-15-9(12)14-10(13)16-11/h8H,3-7H2,1-2H3. The normalized spacial score (nSPS) is 12.5. The Bertz CT molecular complexity index is 329. The zero-order valence-electron chi connectivity index (χ0n) is 10.1. The second-order valence-corrected chi connectivity index (χ2v) is 4.61. The summed E-state index contributed by atoms with van der Waals surface area (Å²) in [6.45, 7) is 4.17. The number of rotatable bonds is 7. The highest BCUT2D eigenvalue weighted by molar-refractivity contribution is 6.31. The van der Waals surface area contributed by atoms with Crippen molar-refractivity contribution in [1.82, 2.24) is 15.0 Å². The first-order valence-electron chi connectivity index (χ1n) is 5.85. The summed E-state index contributed by atoms with van der Waals surface area (Å²) in [5, 5.41) is 0.108. The number of hydrogen-bond donors (Lipinski definition) is 0. The molecule has 0 radical (unpaired) electrons. The predicted molar refractivity (Wildman–Crippen MR) is 68.7 cm³/mol. The summed E-state index contributed by atoms with van der Waals surface area (Å²) in [6.07, 6.45) is 5.89. The van der Waals surface area contributed by atoms with Crippen molar-refractivity contribution in [3.8, 4) is 6.01 Å². The Labute approximate surface area is 112 Å². The molecule has 1 heterocycles. The Kier molecular flexibility index (Phi) is 6.52. The highest BCUT2D eigenvalue weighted by Gasteiger charge is 2.09. The lowest BCUT2D eigenvalue weighted by Crippen LogP contribution is -2.13. The van der Waals surface area contributed by atoms with Crippen LogP contribution in [-0.2, 0) is 0 Å². The average molecular weight is 278 g/mol. The van der Waals surface area contributed by atoms with Crippen LogP contribution in [0.25, 0.3) is 0 Å². The van der Waals surface area contributed by atoms with E-state index in [-0.39, 0.29) is 22.7 Å². The van der Waals surface area contributed by atoms with Crippen LogP contribution in [-0.4, -0.2) is 21.1 Å². The van der Waals surface area contributed by atoms with Crippen LogP contribution in [0.2, 0.25) is 10.6 Å². The van der Waals surface area contributed by atoms with Crippen molar-refractivity contribution in [1.29, 1.82) is 0 Å². The third kappa shape index (κ3) is 6.03. The van der Waals surface area contributed by atoms with Gasteiger partial charge in [0.1, 0.15) is 0 Å². The van der Waals surface area contributed by atoms with E-state index < -0.39 is 0 Å². The van der Waals surface area contributed by atoms with E-state index in [4.69, 9.17) is 27.9 Å². The molecule has 0 aromatic carbocycles. The number of unbranched alkanes of at least 4 members (excludes halogenated alkanes) is 3. The molecule has 0 aliphatic heterocycles. The molecular weight excluding hydrogens is 261 g/mol. The summed E-state index contributed by atoms with van der Waals surface area (Å²) in [7, 11) is 0. The zero-order valence-corrected chi connectivity index (χ0v) is 11.6. The van der Waals surface area contributed by atoms with Gasteiger partial charge in [0, 0.05) is 0 Å². The number of nitrogens with zero attached hydrogens (tertiary/aromatic N) is 3. The van der Waals surface area contributed by atoms with Gasteiger partial charge in [0.25, 0.3) is 0 Å². The smallest absolute Gasteiger partial charge is 0.322 e. The quantitative estimate of drug-likeness (QED) is 0.709. The fourth-order valence-corrected chi connectivity index (χ4v) is 1.81. The van der Waals surface area contributed by atoms with E-state index in [1.807, 2.05) is 6.92 Å². The van der Waals surface area contributed by atoms with Gasteiger partial charge in [-0.05, 0) is 43.0 Å². The Morgan fingerprint density at radius 3 is 2.29 bits per heavy atom. The molecule has 0 aliphatic carbocycles. The summed E-state index contributed by atoms with van der Waals surface area (Å²) in [4.78, 5) is 11.4. The molecule has 6 heteroatoms. The number of halogens is 2. The molecule has 0 bridgehead atoms. The fourth-order valence-electron chi connectivity index (χ4n) is 1.46. The van der Waals surface area contributed by atoms with Gasteiger partial charge in [-0.2, -0.15) is 15.0 Å². The van der Waals surface area contributed by atoms with E-state index >= 15 is 0 Å². The molecule has 17 heavy (non-hydrogen) atoms. The lowest BCUT2D eigenvalue weighted by atomic mass is 10.1. The minimum Gasteiger partial charge on any atom is -0.460 e. The minimum absolute atomic E-state index is 0.0539. The molecular formula is C11H17Cl2N3O. The van der Waals surface area contributed by atoms with Crippen LogP contribution < -0.4 is 4.74 Å². The van der Waals surface area contributed by atoms with Crippen molar-refractivity contribution in [3.63, 3.8) is 0 Å². The Morgan fingerprint density at radius 1 is 1.06 bits per heavy atom. The van der Waals surface area contributed by atoms with E-state index in [0.29, 0.717) is 0 Å². The number of ether oxygens (including phenoxy) is 1. The van der Waals surface area contributed by atoms with Gasteiger partial charge in [-0.3, -0.25) is 0 Å². The SMILES string of the molecule is CCCCCCC(C)Oc1nc(Cl)nc(Cl)n1. The van der Waals surface area contributed by atoms with Crippen LogP contribution in [0.15, 0.2) is 0 Å². The third-order valence-electron chi connectivity index (χ3n) is 2.33. The third-order valence-corrected chi connectivity index (χ3v) is 2.67. The molecule has 1 aromatic heterocycles. The van der Waals surface area contributed by atoms with Crippen LogP contribution in [0.4, 0.5) is 0 Å². The molecule has 1 aromatic rings. The van der Waals surface area contributed by atoms with E-state index in [1.54, 1.807) is 0 Å². The molecule has 1 unspecified atom stereocenters. The molecule has 0 amide bonds. The second kappa shape index (κ2) is 7.67. The maximum Gasteiger partial charge on any atom is 0.322 e. The van der Waals surface area contributed by atoms with Crippen LogP contribution >= 0.6 is 23.2 Å². The highest BCUT2D eigenvalue weighted by atomic mass is 35.5. The van der Waals surface area contributed by atoms with Crippen LogP contribution in [0, 0.1) is 0 Å². The monoisotopic (exact) mass is 277 g/mol. The summed E-state index contributed by atoms with van der Waals surface area (Å²) in [5.41, 5.74) is 0. The topological polar surface area (TPSA) is 47.9 Å². The average Bonchev–Trinajstić information content (AvgIpc) is 2.23. The second-order valence-electron chi connectivity index (χ2n) is 3.93. The van der Waals surface area contributed by atoms with Gasteiger partial charge >= 0.3 is 6.01 Å². The predicted octanol–water partition coefficient (Wildman–Crippen LogP) is 3.92. The van der Waals surface area contributed by atoms with Crippen LogP contribution in [0.3, 0.4) is 0 Å². The van der Waals surface area contributed by atoms with Gasteiger partial charge in [-0.25, -0.2) is 0 Å². The molecule has 96 valence electrons. The summed E-state index contributed by atoms with van der Waals surface area (Å²) >= 11 is 11.3. The fraction of sp³-hybridized carbons (Fsp3) is 0.727. The molecule has 0 fully saturated rings. The van der Waals surface area contributed by atoms with E-state index in [1.165, 1.54) is 19.3 Å². The molecule has 0 N–H and O–H groups in total. The first-order chi connectivity index (χ1) is 8.11. The molecule has 0 spiro atoms. The first kappa shape index (κ1) is 14.5. The summed E-state index contributed by atoms with van der Waals surface area (Å²) < 4.78 is 5.53. The van der Waals surface area contributed by atoms with Gasteiger partial charge in [0.15, 0.2) is 0 Å². The van der Waals surface area contributed by atoms with Crippen molar-refractivity contribution in [2.24, 2.45) is 0 Å². The Balaban J connectivity index is 2.36. The van der Waals surface area contributed by atoms with Crippen molar-refractivity contribution in [2.75, 3.05) is 0 Å². The zero-order chi connectivity index (χ0) is 12.7. The van der Waals surface area contributed by atoms with E-state index in [0.717, 1.165) is 12.8 Å². The molecule has 0 saturated heterocycles. The number of aromatic nitrogens is 3. The molecule has 1 atom stereocenters. The van der Waals surface area contributed by atoms with E-state index in [2.05, 4.69) is 21.9 Å². The van der Waals surface area contributed by atoms with Crippen molar-refractivity contribution in [2.45, 2.75) is 52.1 Å². The lowest BCUT2D eigenvalue weighted by Gasteiger charge is -2.12. The lowest BCUT2D eigenvalue weighted by molar-refractivity contribution is 0.189. The largest absolute Gasteiger partial charge is 0.460 e. The molecule has 4 nitrogen and oxygen atoms in total. The van der Waals surface area contributed by atoms with E-state index in [9.17, 15) is 0 Å². The molecule has 0 aliphatic rings. The summed E-state index contributed by atoms with van der Waals surface area (Å²) in [5.74, 6) is 0. The van der Waals surface area contributed by atoms with Gasteiger partial charge in [-0.15, -0.1) is 0 Å². The van der Waals surface area contributed by atoms with Crippen molar-refractivity contribution >= 4 is 23.2 Å². The van der Waals surface area contributed by atoms with Gasteiger partial charge in [0.05, 0.1) is 6.10 Å². The maximum absolute atomic E-state index is 5.65. The van der Waals surface area contributed by atoms with Crippen LogP contribution in [0.5, 0.6) is 6.01 Å². The Hall–Kier alpha value is -0.610. The van der Waals surface area contributed by atoms with Crippen molar-refractivity contribution < 1.29 is 4.74 Å². The maximum atomic E-state index is 5.65. The van der Waals surface area contributed by atoms with Gasteiger partial charge in [0.2, 0.25) is 10.6 Å². The minimum atomic E-state index is 0.0539. The van der Waals surface area contributed by atoms with Crippen LogP contribution in [0.1, 0.15) is 46.0 Å². The van der Waals surface area contributed by atoms with Gasteiger partial charge < -0.3 is 4.74 Å². The molecule has 0 saturated carbocycles.